The molecule has 0 amide bonds. The molecule has 4 nitrogen and oxygen atoms in total. The summed E-state index contributed by atoms with van der Waals surface area (Å²) in [5.74, 6) is 0. The van der Waals surface area contributed by atoms with Crippen molar-refractivity contribution in [3.05, 3.63) is 542 Å². The second-order valence-corrected chi connectivity index (χ2v) is 37.8. The van der Waals surface area contributed by atoms with Crippen molar-refractivity contribution in [2.75, 3.05) is 9.80 Å². The van der Waals surface area contributed by atoms with Gasteiger partial charge >= 0.3 is 0 Å². The quantitative estimate of drug-likeness (QED) is 0.120. The number of rotatable bonds is 11. The highest BCUT2D eigenvalue weighted by atomic mass is 15.2. The zero-order valence-electron chi connectivity index (χ0n) is 75.1. The van der Waals surface area contributed by atoms with Crippen LogP contribution in [0.3, 0.4) is 0 Å². The fraction of sp³-hybridized carbons (Fsp3) is 0.0149. The molecule has 2 aromatic heterocycles. The van der Waals surface area contributed by atoms with Gasteiger partial charge in [0.05, 0.1) is 50.0 Å². The van der Waals surface area contributed by atoms with Crippen LogP contribution in [-0.4, -0.2) is 9.13 Å². The number of fused-ring (bicyclic) bond motifs is 38. The summed E-state index contributed by atoms with van der Waals surface area (Å²) in [4.78, 5) is 5.20. The minimum atomic E-state index is -0.755. The van der Waals surface area contributed by atoms with Crippen molar-refractivity contribution in [1.82, 2.24) is 9.13 Å². The third-order valence-electron chi connectivity index (χ3n) is 31.3. The Morgan fingerprint density at radius 2 is 0.449 bits per heavy atom. The van der Waals surface area contributed by atoms with Crippen LogP contribution in [0.25, 0.3) is 198 Å². The lowest BCUT2D eigenvalue weighted by Gasteiger charge is -2.36. The Morgan fingerprint density at radius 3 is 0.928 bits per heavy atom. The normalized spacial score (nSPS) is 13.9. The predicted molar refractivity (Wildman–Crippen MR) is 578 cm³/mol. The molecule has 1 unspecified atom stereocenters. The smallest absolute Gasteiger partial charge is 0.0746 e. The van der Waals surface area contributed by atoms with E-state index in [4.69, 9.17) is 0 Å². The van der Waals surface area contributed by atoms with Gasteiger partial charge in [-0.1, -0.05) is 388 Å². The summed E-state index contributed by atoms with van der Waals surface area (Å²) in [6, 6.07) is 189. The molecule has 30 rings (SSSR count). The van der Waals surface area contributed by atoms with E-state index in [0.717, 1.165) is 89.9 Å². The molecule has 0 N–H and O–H groups in total. The topological polar surface area (TPSA) is 16.3 Å². The molecule has 138 heavy (non-hydrogen) atoms. The molecule has 0 saturated carbocycles. The summed E-state index contributed by atoms with van der Waals surface area (Å²) in [7, 11) is 0. The Labute approximate surface area is 797 Å². The molecule has 24 aromatic carbocycles. The Bertz CT molecular complexity index is 9570. The van der Waals surface area contributed by atoms with Crippen molar-refractivity contribution >= 4 is 142 Å². The van der Waals surface area contributed by atoms with Gasteiger partial charge in [0.25, 0.3) is 0 Å². The fourth-order valence-electron chi connectivity index (χ4n) is 25.7. The molecule has 4 heteroatoms. The van der Waals surface area contributed by atoms with Crippen LogP contribution in [0, 0.1) is 0 Å². The van der Waals surface area contributed by atoms with Crippen molar-refractivity contribution in [3.8, 4) is 89.3 Å². The van der Waals surface area contributed by atoms with Crippen LogP contribution in [-0.2, 0) is 10.8 Å². The highest BCUT2D eigenvalue weighted by Crippen LogP contribution is 2.69. The van der Waals surface area contributed by atoms with E-state index in [9.17, 15) is 0 Å². The minimum absolute atomic E-state index is 0.634. The Hall–Kier alpha value is -18.0. The first-order valence-corrected chi connectivity index (χ1v) is 48.1. The summed E-state index contributed by atoms with van der Waals surface area (Å²) >= 11 is 0. The van der Waals surface area contributed by atoms with Gasteiger partial charge in [-0.3, -0.25) is 0 Å². The van der Waals surface area contributed by atoms with E-state index >= 15 is 0 Å². The number of hydrogen-bond acceptors (Lipinski definition) is 2. The average Bonchev–Trinajstić information content (AvgIpc) is 1.50. The lowest BCUT2D eigenvalue weighted by atomic mass is 9.69. The standard InChI is InChI=1S/C134H82N4/c1-3-37-98-94(33-1)96-35-5-7-39-100(96)116-81-91(72-76-102(98)116)135(88-68-62-83(63-69-88)85-30-27-31-90(78-85)137-126-58-25-15-46-110(126)111-47-16-26-59-127(111)137)128-60-28-49-114-108-45-13-22-55-122(108)134(131(114)128)120-53-20-11-43-106(120)109-74-66-86(79-123(109)134)84-64-70-89(71-65-84)136-125-57-24-17-48-112(125)113-75-67-87(80-130(113)136)93-32-14-23-56-124(93)138(92-73-77-103-99-38-4-2-34-95(99)97-36-6-8-40-101(97)117(103)82-92)129-61-29-50-115-107-44-12-21-54-121(107)133(132(115)129)118-51-18-9-41-104(118)105-42-10-19-52-119(105)133/h1-82H. The van der Waals surface area contributed by atoms with E-state index in [2.05, 4.69) is 516 Å². The first kappa shape index (κ1) is 76.6. The van der Waals surface area contributed by atoms with E-state index in [1.54, 1.807) is 0 Å². The average molecular weight is 1750 g/mol. The van der Waals surface area contributed by atoms with Gasteiger partial charge in [-0.15, -0.1) is 0 Å². The highest BCUT2D eigenvalue weighted by molar-refractivity contribution is 6.28. The number of nitrogens with zero attached hydrogens (tertiary/aromatic N) is 4. The number of benzene rings is 24. The summed E-state index contributed by atoms with van der Waals surface area (Å²) in [6.07, 6.45) is 0. The number of anilines is 6. The van der Waals surface area contributed by atoms with Crippen molar-refractivity contribution in [2.24, 2.45) is 0 Å². The van der Waals surface area contributed by atoms with Crippen LogP contribution in [0.15, 0.2) is 497 Å². The van der Waals surface area contributed by atoms with Gasteiger partial charge in [-0.2, -0.15) is 0 Å². The predicted octanol–water partition coefficient (Wildman–Crippen LogP) is 35.4. The van der Waals surface area contributed by atoms with E-state index < -0.39 is 10.8 Å². The molecule has 4 aliphatic rings. The number of para-hydroxylation sites is 4. The monoisotopic (exact) mass is 1750 g/mol. The molecule has 26 aromatic rings. The SMILES string of the molecule is c1cc(-c2ccc(N(c3ccc4c5ccccc5c5ccccc5c4c3)c3cccc4c3C3(c5ccccc5-c5ccc(-c6ccc(-n7c8ccccc8c8ccc(-c9ccccc9N(c9ccc%10c%11ccccc%11c%11ccccc%11c%10c9)c9cccc%10c9C9(c%11ccccc%11-c%11ccccc%119)c9ccccc9-%10)cc87)cc6)cc53)c3ccccc3-4)cc2)cc(-n2c3ccccc3c3ccccc32)c1. The molecule has 0 fully saturated rings. The maximum Gasteiger partial charge on any atom is 0.0746 e. The lowest BCUT2D eigenvalue weighted by molar-refractivity contribution is 0.793. The van der Waals surface area contributed by atoms with Crippen molar-refractivity contribution < 1.29 is 0 Å². The second kappa shape index (κ2) is 29.3. The van der Waals surface area contributed by atoms with Crippen molar-refractivity contribution in [3.63, 3.8) is 0 Å². The van der Waals surface area contributed by atoms with Gasteiger partial charge in [0.2, 0.25) is 0 Å². The van der Waals surface area contributed by atoms with E-state index in [-0.39, 0.29) is 0 Å². The van der Waals surface area contributed by atoms with Crippen LogP contribution in [0.4, 0.5) is 34.1 Å². The first-order valence-electron chi connectivity index (χ1n) is 48.1. The highest BCUT2D eigenvalue weighted by Gasteiger charge is 2.56. The van der Waals surface area contributed by atoms with Crippen LogP contribution in [0.1, 0.15) is 44.5 Å². The molecule has 4 aliphatic carbocycles. The summed E-state index contributed by atoms with van der Waals surface area (Å²) in [6.45, 7) is 0. The maximum absolute atomic E-state index is 2.62. The van der Waals surface area contributed by atoms with E-state index in [1.807, 2.05) is 0 Å². The molecule has 0 aliphatic heterocycles. The van der Waals surface area contributed by atoms with Crippen molar-refractivity contribution in [1.29, 1.82) is 0 Å². The molecule has 0 saturated heterocycles. The second-order valence-electron chi connectivity index (χ2n) is 37.8. The third-order valence-corrected chi connectivity index (χ3v) is 31.3. The van der Waals surface area contributed by atoms with Gasteiger partial charge in [0.15, 0.2) is 0 Å². The number of aromatic nitrogens is 2. The Balaban J connectivity index is 0.574. The van der Waals surface area contributed by atoms with E-state index in [0.29, 0.717) is 0 Å². The zero-order chi connectivity index (χ0) is 90.2. The van der Waals surface area contributed by atoms with Crippen LogP contribution in [0.5, 0.6) is 0 Å². The molecule has 2 heterocycles. The lowest BCUT2D eigenvalue weighted by Crippen LogP contribution is -2.28. The summed E-state index contributed by atoms with van der Waals surface area (Å²) in [5, 5.41) is 19.7. The Kier molecular flexibility index (Phi) is 16.2. The minimum Gasteiger partial charge on any atom is -0.310 e. The fourth-order valence-corrected chi connectivity index (χ4v) is 25.7. The van der Waals surface area contributed by atoms with Gasteiger partial charge in [0.1, 0.15) is 0 Å². The van der Waals surface area contributed by atoms with Crippen LogP contribution in [0.2, 0.25) is 0 Å². The maximum atomic E-state index is 2.62. The van der Waals surface area contributed by atoms with Crippen LogP contribution >= 0.6 is 0 Å². The molecule has 638 valence electrons. The van der Waals surface area contributed by atoms with Gasteiger partial charge < -0.3 is 18.9 Å². The van der Waals surface area contributed by atoms with Gasteiger partial charge in [-0.05, 0) is 280 Å². The molecular weight excluding hydrogens is 1670 g/mol. The molecule has 0 radical (unpaired) electrons. The summed E-state index contributed by atoms with van der Waals surface area (Å²) in [5.41, 5.74) is 39.1. The number of hydrogen-bond donors (Lipinski definition) is 0. The zero-order valence-corrected chi connectivity index (χ0v) is 75.1. The summed E-state index contributed by atoms with van der Waals surface area (Å²) < 4.78 is 4.92. The molecular formula is C134H82N4. The van der Waals surface area contributed by atoms with Crippen LogP contribution < -0.4 is 9.80 Å². The molecule has 2 spiro atoms. The van der Waals surface area contributed by atoms with Crippen molar-refractivity contribution in [2.45, 2.75) is 10.8 Å². The Morgan fingerprint density at radius 1 is 0.145 bits per heavy atom. The van der Waals surface area contributed by atoms with Gasteiger partial charge in [-0.25, -0.2) is 0 Å². The van der Waals surface area contributed by atoms with E-state index in [1.165, 1.54) is 186 Å². The van der Waals surface area contributed by atoms with Gasteiger partial charge in [0, 0.05) is 66.7 Å². The third kappa shape index (κ3) is 10.6. The molecule has 1 atom stereocenters. The first-order chi connectivity index (χ1) is 68.5. The molecule has 0 bridgehead atoms. The largest absolute Gasteiger partial charge is 0.310 e.